The van der Waals surface area contributed by atoms with Crippen LogP contribution in [0.3, 0.4) is 0 Å². The van der Waals surface area contributed by atoms with Crippen LogP contribution in [0.4, 0.5) is 0 Å². The summed E-state index contributed by atoms with van der Waals surface area (Å²) in [6.07, 6.45) is 14.0. The molecule has 18 heavy (non-hydrogen) atoms. The maximum atomic E-state index is 3.57. The first-order valence-corrected chi connectivity index (χ1v) is 8.27. The molecular weight excluding hydrogens is 218 g/mol. The summed E-state index contributed by atoms with van der Waals surface area (Å²) in [6.45, 7) is 11.7. The highest BCUT2D eigenvalue weighted by Gasteiger charge is 2.08. The van der Waals surface area contributed by atoms with Crippen LogP contribution in [0, 0.1) is 5.41 Å². The average molecular weight is 255 g/mol. The van der Waals surface area contributed by atoms with Crippen LogP contribution in [0.15, 0.2) is 0 Å². The first kappa shape index (κ1) is 18.0. The Labute approximate surface area is 116 Å². The summed E-state index contributed by atoms with van der Waals surface area (Å²) in [5.41, 5.74) is 0.500. The van der Waals surface area contributed by atoms with Crippen molar-refractivity contribution < 1.29 is 0 Å². The summed E-state index contributed by atoms with van der Waals surface area (Å²) in [6, 6.07) is 0. The molecule has 0 unspecified atom stereocenters. The molecule has 0 aliphatic heterocycles. The molecule has 0 amide bonds. The van der Waals surface area contributed by atoms with Crippen molar-refractivity contribution in [1.82, 2.24) is 5.32 Å². The van der Waals surface area contributed by atoms with Crippen molar-refractivity contribution >= 4 is 0 Å². The standard InChI is InChI=1S/C17H37N/c1-5-6-7-8-9-10-11-12-15-18-16-13-14-17(2,3)4/h18H,5-16H2,1-4H3. The predicted molar refractivity (Wildman–Crippen MR) is 84.2 cm³/mol. The normalized spacial score (nSPS) is 12.0. The fourth-order valence-electron chi connectivity index (χ4n) is 2.25. The Kier molecular flexibility index (Phi) is 12.0. The molecule has 0 atom stereocenters. The van der Waals surface area contributed by atoms with Gasteiger partial charge in [-0.05, 0) is 37.8 Å². The Morgan fingerprint density at radius 1 is 0.667 bits per heavy atom. The fourth-order valence-corrected chi connectivity index (χ4v) is 2.25. The van der Waals surface area contributed by atoms with Crippen LogP contribution >= 0.6 is 0 Å². The van der Waals surface area contributed by atoms with E-state index < -0.39 is 0 Å². The molecule has 0 radical (unpaired) electrons. The minimum atomic E-state index is 0.500. The molecule has 110 valence electrons. The maximum Gasteiger partial charge on any atom is -0.00487 e. The van der Waals surface area contributed by atoms with E-state index in [1.54, 1.807) is 0 Å². The molecular formula is C17H37N. The van der Waals surface area contributed by atoms with Gasteiger partial charge < -0.3 is 5.32 Å². The van der Waals surface area contributed by atoms with E-state index >= 15 is 0 Å². The van der Waals surface area contributed by atoms with Gasteiger partial charge in [0.25, 0.3) is 0 Å². The lowest BCUT2D eigenvalue weighted by Crippen LogP contribution is -2.18. The number of unbranched alkanes of at least 4 members (excludes halogenated alkanes) is 7. The van der Waals surface area contributed by atoms with Crippen molar-refractivity contribution in [2.75, 3.05) is 13.1 Å². The van der Waals surface area contributed by atoms with E-state index in [1.165, 1.54) is 77.3 Å². The van der Waals surface area contributed by atoms with Crippen molar-refractivity contribution in [3.05, 3.63) is 0 Å². The van der Waals surface area contributed by atoms with E-state index in [2.05, 4.69) is 33.0 Å². The van der Waals surface area contributed by atoms with Gasteiger partial charge in [-0.1, -0.05) is 72.6 Å². The van der Waals surface area contributed by atoms with Crippen LogP contribution < -0.4 is 5.32 Å². The zero-order valence-corrected chi connectivity index (χ0v) is 13.5. The first-order valence-electron chi connectivity index (χ1n) is 8.27. The summed E-state index contributed by atoms with van der Waals surface area (Å²) in [5, 5.41) is 3.57. The van der Waals surface area contributed by atoms with Crippen molar-refractivity contribution in [3.8, 4) is 0 Å². The molecule has 0 fully saturated rings. The molecule has 0 rings (SSSR count). The van der Waals surface area contributed by atoms with Gasteiger partial charge in [-0.15, -0.1) is 0 Å². The number of hydrogen-bond acceptors (Lipinski definition) is 1. The highest BCUT2D eigenvalue weighted by molar-refractivity contribution is 4.62. The average Bonchev–Trinajstić information content (AvgIpc) is 2.29. The summed E-state index contributed by atoms with van der Waals surface area (Å²) in [4.78, 5) is 0. The zero-order valence-electron chi connectivity index (χ0n) is 13.5. The smallest absolute Gasteiger partial charge is 0.00487 e. The number of rotatable bonds is 12. The summed E-state index contributed by atoms with van der Waals surface area (Å²) in [7, 11) is 0. The van der Waals surface area contributed by atoms with Crippen LogP contribution in [0.5, 0.6) is 0 Å². The molecule has 0 spiro atoms. The molecule has 1 N–H and O–H groups in total. The molecule has 1 nitrogen and oxygen atoms in total. The molecule has 1 heteroatoms. The third-order valence-electron chi connectivity index (χ3n) is 3.49. The van der Waals surface area contributed by atoms with E-state index in [9.17, 15) is 0 Å². The minimum Gasteiger partial charge on any atom is -0.317 e. The van der Waals surface area contributed by atoms with Crippen molar-refractivity contribution in [1.29, 1.82) is 0 Å². The number of hydrogen-bond donors (Lipinski definition) is 1. The largest absolute Gasteiger partial charge is 0.317 e. The van der Waals surface area contributed by atoms with Gasteiger partial charge in [-0.3, -0.25) is 0 Å². The molecule has 0 aromatic rings. The van der Waals surface area contributed by atoms with Gasteiger partial charge in [0.2, 0.25) is 0 Å². The van der Waals surface area contributed by atoms with Gasteiger partial charge in [-0.2, -0.15) is 0 Å². The Hall–Kier alpha value is -0.0400. The summed E-state index contributed by atoms with van der Waals surface area (Å²) >= 11 is 0. The monoisotopic (exact) mass is 255 g/mol. The summed E-state index contributed by atoms with van der Waals surface area (Å²) in [5.74, 6) is 0. The van der Waals surface area contributed by atoms with E-state index in [0.29, 0.717) is 5.41 Å². The van der Waals surface area contributed by atoms with Crippen molar-refractivity contribution in [2.45, 2.75) is 91.9 Å². The molecule has 0 saturated carbocycles. The highest BCUT2D eigenvalue weighted by atomic mass is 14.8. The Morgan fingerprint density at radius 2 is 1.17 bits per heavy atom. The molecule has 0 aromatic carbocycles. The SMILES string of the molecule is CCCCCCCCCCNCCCC(C)(C)C. The predicted octanol–water partition coefficient (Wildman–Crippen LogP) is 5.54. The van der Waals surface area contributed by atoms with Gasteiger partial charge in [-0.25, -0.2) is 0 Å². The highest BCUT2D eigenvalue weighted by Crippen LogP contribution is 2.19. The third kappa shape index (κ3) is 16.0. The van der Waals surface area contributed by atoms with Crippen molar-refractivity contribution in [2.24, 2.45) is 5.41 Å². The number of nitrogens with one attached hydrogen (secondary N) is 1. The lowest BCUT2D eigenvalue weighted by molar-refractivity contribution is 0.360. The van der Waals surface area contributed by atoms with Crippen LogP contribution in [-0.2, 0) is 0 Å². The quantitative estimate of drug-likeness (QED) is 0.451. The first-order chi connectivity index (χ1) is 8.56. The second-order valence-electron chi connectivity index (χ2n) is 6.89. The molecule has 0 heterocycles. The van der Waals surface area contributed by atoms with Gasteiger partial charge in [0.1, 0.15) is 0 Å². The molecule has 0 aliphatic carbocycles. The summed E-state index contributed by atoms with van der Waals surface area (Å²) < 4.78 is 0. The Bertz CT molecular complexity index is 157. The fraction of sp³-hybridized carbons (Fsp3) is 1.00. The molecule has 0 aliphatic rings. The third-order valence-corrected chi connectivity index (χ3v) is 3.49. The van der Waals surface area contributed by atoms with E-state index in [-0.39, 0.29) is 0 Å². The maximum absolute atomic E-state index is 3.57. The van der Waals surface area contributed by atoms with Gasteiger partial charge >= 0.3 is 0 Å². The second kappa shape index (κ2) is 12.0. The molecule has 0 bridgehead atoms. The zero-order chi connectivity index (χ0) is 13.7. The molecule has 0 saturated heterocycles. The second-order valence-corrected chi connectivity index (χ2v) is 6.89. The van der Waals surface area contributed by atoms with Crippen LogP contribution in [0.2, 0.25) is 0 Å². The van der Waals surface area contributed by atoms with E-state index in [4.69, 9.17) is 0 Å². The van der Waals surface area contributed by atoms with Gasteiger partial charge in [0, 0.05) is 0 Å². The van der Waals surface area contributed by atoms with Gasteiger partial charge in [0.05, 0.1) is 0 Å². The Balaban J connectivity index is 2.99. The lowest BCUT2D eigenvalue weighted by Gasteiger charge is -2.17. The molecule has 0 aromatic heterocycles. The van der Waals surface area contributed by atoms with Crippen LogP contribution in [-0.4, -0.2) is 13.1 Å². The van der Waals surface area contributed by atoms with E-state index in [0.717, 1.165) is 0 Å². The topological polar surface area (TPSA) is 12.0 Å². The Morgan fingerprint density at radius 3 is 1.72 bits per heavy atom. The van der Waals surface area contributed by atoms with E-state index in [1.807, 2.05) is 0 Å². The lowest BCUT2D eigenvalue weighted by atomic mass is 9.91. The van der Waals surface area contributed by atoms with Crippen molar-refractivity contribution in [3.63, 3.8) is 0 Å². The minimum absolute atomic E-state index is 0.500. The van der Waals surface area contributed by atoms with Crippen LogP contribution in [0.1, 0.15) is 91.9 Å². The van der Waals surface area contributed by atoms with Crippen LogP contribution in [0.25, 0.3) is 0 Å². The van der Waals surface area contributed by atoms with Gasteiger partial charge in [0.15, 0.2) is 0 Å².